The molecule has 1 unspecified atom stereocenters. The summed E-state index contributed by atoms with van der Waals surface area (Å²) in [5.74, 6) is -0.312. The Kier molecular flexibility index (Phi) is 10.7. The monoisotopic (exact) mass is 257 g/mol. The van der Waals surface area contributed by atoms with Gasteiger partial charge in [0.25, 0.3) is 5.91 Å². The van der Waals surface area contributed by atoms with Gasteiger partial charge in [0.05, 0.1) is 6.61 Å². The molecule has 0 rings (SSSR count). The predicted molar refractivity (Wildman–Crippen MR) is 73.2 cm³/mol. The van der Waals surface area contributed by atoms with Crippen LogP contribution in [0.3, 0.4) is 0 Å². The Morgan fingerprint density at radius 3 is 2.50 bits per heavy atom. The van der Waals surface area contributed by atoms with Crippen LogP contribution in [0.5, 0.6) is 0 Å². The van der Waals surface area contributed by atoms with Gasteiger partial charge in [0.15, 0.2) is 6.10 Å². The lowest BCUT2D eigenvalue weighted by molar-refractivity contribution is -0.138. The van der Waals surface area contributed by atoms with Crippen LogP contribution >= 0.6 is 0 Å². The van der Waals surface area contributed by atoms with E-state index in [0.717, 1.165) is 32.1 Å². The number of carbonyl (C=O) groups excluding carboxylic acids is 1. The molecule has 0 aliphatic rings. The lowest BCUT2D eigenvalue weighted by atomic mass is 10.2. The second kappa shape index (κ2) is 11.2. The van der Waals surface area contributed by atoms with E-state index in [2.05, 4.69) is 6.92 Å². The standard InChI is InChI=1S/C14H27NO3/c1-3-5-7-9-13(17)14(18)15(11-12-16)10-8-6-4-2/h7,9,13,16-17H,3-6,8,10-12H2,1-2H3/b9-7+. The minimum absolute atomic E-state index is 0.0662. The fourth-order valence-corrected chi connectivity index (χ4v) is 1.67. The molecule has 0 aromatic heterocycles. The number of hydrogen-bond acceptors (Lipinski definition) is 3. The van der Waals surface area contributed by atoms with Crippen molar-refractivity contribution in [2.24, 2.45) is 0 Å². The molecule has 0 saturated carbocycles. The zero-order valence-electron chi connectivity index (χ0n) is 11.6. The number of amides is 1. The van der Waals surface area contributed by atoms with Crippen LogP contribution in [0.15, 0.2) is 12.2 Å². The first-order chi connectivity index (χ1) is 8.67. The second-order valence-corrected chi connectivity index (χ2v) is 4.42. The summed E-state index contributed by atoms with van der Waals surface area (Å²) in [4.78, 5) is 13.5. The molecule has 2 N–H and O–H groups in total. The summed E-state index contributed by atoms with van der Waals surface area (Å²) in [6.45, 7) is 4.97. The zero-order valence-corrected chi connectivity index (χ0v) is 11.6. The lowest BCUT2D eigenvalue weighted by Gasteiger charge is -2.23. The highest BCUT2D eigenvalue weighted by molar-refractivity contribution is 5.82. The van der Waals surface area contributed by atoms with Gasteiger partial charge in [0, 0.05) is 13.1 Å². The summed E-state index contributed by atoms with van der Waals surface area (Å²) in [5, 5.41) is 18.7. The molecule has 106 valence electrons. The van der Waals surface area contributed by atoms with Crippen LogP contribution in [0.4, 0.5) is 0 Å². The van der Waals surface area contributed by atoms with Gasteiger partial charge in [0.1, 0.15) is 0 Å². The number of aliphatic hydroxyl groups excluding tert-OH is 2. The summed E-state index contributed by atoms with van der Waals surface area (Å²) in [5.41, 5.74) is 0. The van der Waals surface area contributed by atoms with Crippen LogP contribution in [-0.4, -0.2) is 46.8 Å². The molecule has 0 heterocycles. The van der Waals surface area contributed by atoms with Gasteiger partial charge in [-0.25, -0.2) is 0 Å². The zero-order chi connectivity index (χ0) is 13.8. The summed E-state index contributed by atoms with van der Waals surface area (Å²) < 4.78 is 0. The second-order valence-electron chi connectivity index (χ2n) is 4.42. The number of unbranched alkanes of at least 4 members (excludes halogenated alkanes) is 3. The van der Waals surface area contributed by atoms with E-state index < -0.39 is 6.10 Å². The smallest absolute Gasteiger partial charge is 0.255 e. The number of carbonyl (C=O) groups is 1. The van der Waals surface area contributed by atoms with E-state index in [1.54, 1.807) is 0 Å². The summed E-state index contributed by atoms with van der Waals surface area (Å²) in [6.07, 6.45) is 7.19. The minimum Gasteiger partial charge on any atom is -0.395 e. The van der Waals surface area contributed by atoms with Crippen LogP contribution in [0.25, 0.3) is 0 Å². The molecule has 0 aliphatic carbocycles. The third-order valence-electron chi connectivity index (χ3n) is 2.74. The third-order valence-corrected chi connectivity index (χ3v) is 2.74. The van der Waals surface area contributed by atoms with E-state index in [9.17, 15) is 9.90 Å². The Hall–Kier alpha value is -0.870. The molecule has 0 saturated heterocycles. The van der Waals surface area contributed by atoms with Crippen LogP contribution < -0.4 is 0 Å². The molecule has 0 aliphatic heterocycles. The SMILES string of the molecule is CCC/C=C/C(O)C(=O)N(CCO)CCCCC. The number of nitrogens with zero attached hydrogens (tertiary/aromatic N) is 1. The average Bonchev–Trinajstić information content (AvgIpc) is 2.37. The molecule has 0 radical (unpaired) electrons. The molecular formula is C14H27NO3. The summed E-state index contributed by atoms with van der Waals surface area (Å²) >= 11 is 0. The van der Waals surface area contributed by atoms with E-state index in [1.165, 1.54) is 11.0 Å². The topological polar surface area (TPSA) is 60.8 Å². The van der Waals surface area contributed by atoms with Crippen molar-refractivity contribution in [3.05, 3.63) is 12.2 Å². The van der Waals surface area contributed by atoms with Gasteiger partial charge in [-0.1, -0.05) is 45.3 Å². The number of hydrogen-bond donors (Lipinski definition) is 2. The maximum Gasteiger partial charge on any atom is 0.255 e. The number of rotatable bonds is 10. The molecular weight excluding hydrogens is 230 g/mol. The van der Waals surface area contributed by atoms with Crippen LogP contribution in [-0.2, 0) is 4.79 Å². The van der Waals surface area contributed by atoms with Gasteiger partial charge in [-0.05, 0) is 12.8 Å². The molecule has 0 spiro atoms. The summed E-state index contributed by atoms with van der Waals surface area (Å²) in [6, 6.07) is 0. The minimum atomic E-state index is -1.08. The first kappa shape index (κ1) is 17.1. The van der Waals surface area contributed by atoms with E-state index in [4.69, 9.17) is 5.11 Å². The van der Waals surface area contributed by atoms with Gasteiger partial charge >= 0.3 is 0 Å². The van der Waals surface area contributed by atoms with Crippen molar-refractivity contribution in [3.63, 3.8) is 0 Å². The first-order valence-corrected chi connectivity index (χ1v) is 6.91. The highest BCUT2D eigenvalue weighted by Crippen LogP contribution is 2.03. The Bertz CT molecular complexity index is 241. The van der Waals surface area contributed by atoms with Gasteiger partial charge in [-0.2, -0.15) is 0 Å². The normalized spacial score (nSPS) is 12.9. The van der Waals surface area contributed by atoms with Crippen molar-refractivity contribution in [3.8, 4) is 0 Å². The molecule has 1 amide bonds. The van der Waals surface area contributed by atoms with Crippen molar-refractivity contribution in [2.45, 2.75) is 52.1 Å². The largest absolute Gasteiger partial charge is 0.395 e. The Morgan fingerprint density at radius 1 is 1.22 bits per heavy atom. The molecule has 0 aromatic carbocycles. The number of aliphatic hydroxyl groups is 2. The highest BCUT2D eigenvalue weighted by Gasteiger charge is 2.18. The Labute approximate surface area is 110 Å². The quantitative estimate of drug-likeness (QED) is 0.463. The van der Waals surface area contributed by atoms with Gasteiger partial charge in [-0.3, -0.25) is 4.79 Å². The van der Waals surface area contributed by atoms with E-state index in [-0.39, 0.29) is 12.5 Å². The van der Waals surface area contributed by atoms with Crippen molar-refractivity contribution < 1.29 is 15.0 Å². The summed E-state index contributed by atoms with van der Waals surface area (Å²) in [7, 11) is 0. The fraction of sp³-hybridized carbons (Fsp3) is 0.786. The maximum atomic E-state index is 11.9. The first-order valence-electron chi connectivity index (χ1n) is 6.91. The lowest BCUT2D eigenvalue weighted by Crippen LogP contribution is -2.40. The molecule has 0 bridgehead atoms. The Morgan fingerprint density at radius 2 is 1.94 bits per heavy atom. The van der Waals surface area contributed by atoms with Crippen molar-refractivity contribution >= 4 is 5.91 Å². The highest BCUT2D eigenvalue weighted by atomic mass is 16.3. The molecule has 0 fully saturated rings. The molecule has 1 atom stereocenters. The van der Waals surface area contributed by atoms with E-state index in [0.29, 0.717) is 13.1 Å². The van der Waals surface area contributed by atoms with Crippen LogP contribution in [0, 0.1) is 0 Å². The van der Waals surface area contributed by atoms with E-state index in [1.807, 2.05) is 13.0 Å². The molecule has 4 heteroatoms. The average molecular weight is 257 g/mol. The fourth-order valence-electron chi connectivity index (χ4n) is 1.67. The van der Waals surface area contributed by atoms with Crippen LogP contribution in [0.1, 0.15) is 46.0 Å². The molecule has 0 aromatic rings. The molecule has 18 heavy (non-hydrogen) atoms. The van der Waals surface area contributed by atoms with Crippen molar-refractivity contribution in [1.29, 1.82) is 0 Å². The predicted octanol–water partition coefficient (Wildman–Crippen LogP) is 1.71. The molecule has 4 nitrogen and oxygen atoms in total. The van der Waals surface area contributed by atoms with Crippen molar-refractivity contribution in [1.82, 2.24) is 4.90 Å². The van der Waals surface area contributed by atoms with Gasteiger partial charge < -0.3 is 15.1 Å². The third kappa shape index (κ3) is 7.45. The maximum absolute atomic E-state index is 11.9. The van der Waals surface area contributed by atoms with Crippen molar-refractivity contribution in [2.75, 3.05) is 19.7 Å². The number of allylic oxidation sites excluding steroid dienone is 1. The van der Waals surface area contributed by atoms with E-state index >= 15 is 0 Å². The van der Waals surface area contributed by atoms with Gasteiger partial charge in [0.2, 0.25) is 0 Å². The van der Waals surface area contributed by atoms with Crippen LogP contribution in [0.2, 0.25) is 0 Å². The Balaban J connectivity index is 4.25. The van der Waals surface area contributed by atoms with Gasteiger partial charge in [-0.15, -0.1) is 0 Å².